The van der Waals surface area contributed by atoms with Crippen LogP contribution in [-0.2, 0) is 32.3 Å². The van der Waals surface area contributed by atoms with Crippen molar-refractivity contribution in [2.75, 3.05) is 56.5 Å². The minimum atomic E-state index is -1.04. The third-order valence-electron chi connectivity index (χ3n) is 6.42. The van der Waals surface area contributed by atoms with Gasteiger partial charge < -0.3 is 24.4 Å². The molecule has 5 rings (SSSR count). The number of hydrogen-bond donors (Lipinski definition) is 1. The Labute approximate surface area is 184 Å². The maximum Gasteiger partial charge on any atom is 0.227 e. The van der Waals surface area contributed by atoms with Crippen LogP contribution in [0, 0.1) is 0 Å². The molecule has 1 aromatic heterocycles. The second-order valence-electron chi connectivity index (χ2n) is 8.26. The van der Waals surface area contributed by atoms with E-state index in [1.54, 1.807) is 14.2 Å². The van der Waals surface area contributed by atoms with Crippen molar-refractivity contribution < 1.29 is 18.4 Å². The van der Waals surface area contributed by atoms with Crippen molar-refractivity contribution >= 4 is 22.6 Å². The first-order chi connectivity index (χ1) is 15.1. The summed E-state index contributed by atoms with van der Waals surface area (Å²) in [6, 6.07) is 8.28. The number of aryl methyl sites for hydroxylation is 1. The Balaban J connectivity index is 1.39. The van der Waals surface area contributed by atoms with Gasteiger partial charge in [-0.2, -0.15) is 4.98 Å². The Morgan fingerprint density at radius 1 is 1.16 bits per heavy atom. The molecule has 1 aromatic carbocycles. The summed E-state index contributed by atoms with van der Waals surface area (Å²) in [7, 11) is 2.36. The van der Waals surface area contributed by atoms with Crippen LogP contribution in [-0.4, -0.2) is 66.5 Å². The lowest BCUT2D eigenvalue weighted by atomic mass is 9.86. The van der Waals surface area contributed by atoms with Crippen LogP contribution in [0.5, 0.6) is 5.75 Å². The molecule has 3 aliphatic rings. The van der Waals surface area contributed by atoms with E-state index in [1.807, 2.05) is 24.3 Å². The highest BCUT2D eigenvalue weighted by Crippen LogP contribution is 2.39. The predicted octanol–water partition coefficient (Wildman–Crippen LogP) is 2.10. The first-order valence-electron chi connectivity index (χ1n) is 10.7. The molecule has 0 radical (unpaired) electrons. The zero-order valence-corrected chi connectivity index (χ0v) is 18.7. The van der Waals surface area contributed by atoms with Gasteiger partial charge in [-0.3, -0.25) is 4.21 Å². The fourth-order valence-corrected chi connectivity index (χ4v) is 5.81. The van der Waals surface area contributed by atoms with Gasteiger partial charge in [-0.1, -0.05) is 12.1 Å². The molecule has 0 saturated carbocycles. The fraction of sp³-hybridized carbons (Fsp3) is 0.545. The number of benzene rings is 1. The molecule has 3 aliphatic heterocycles. The topological polar surface area (TPSA) is 85.8 Å². The van der Waals surface area contributed by atoms with E-state index in [2.05, 4.69) is 10.2 Å². The van der Waals surface area contributed by atoms with Gasteiger partial charge in [-0.25, -0.2) is 4.98 Å². The SMILES string of the molecule is COc1ccc(C2(OC)CN(c3nc4c(c(NC5CCOCC5)n3)S(=O)CC4)C2)cc1. The number of rotatable bonds is 6. The van der Waals surface area contributed by atoms with Gasteiger partial charge in [0, 0.05) is 38.5 Å². The molecule has 2 fully saturated rings. The third kappa shape index (κ3) is 3.79. The quantitative estimate of drug-likeness (QED) is 0.725. The average molecular weight is 445 g/mol. The normalized spacial score (nSPS) is 22.6. The predicted molar refractivity (Wildman–Crippen MR) is 118 cm³/mol. The van der Waals surface area contributed by atoms with E-state index in [1.165, 1.54) is 0 Å². The van der Waals surface area contributed by atoms with Gasteiger partial charge in [-0.15, -0.1) is 0 Å². The summed E-state index contributed by atoms with van der Waals surface area (Å²) >= 11 is 0. The van der Waals surface area contributed by atoms with Crippen LogP contribution in [0.4, 0.5) is 11.8 Å². The van der Waals surface area contributed by atoms with Gasteiger partial charge in [-0.05, 0) is 30.5 Å². The van der Waals surface area contributed by atoms with Crippen LogP contribution >= 0.6 is 0 Å². The van der Waals surface area contributed by atoms with Crippen LogP contribution in [0.3, 0.4) is 0 Å². The van der Waals surface area contributed by atoms with Gasteiger partial charge in [0.1, 0.15) is 22.1 Å². The first-order valence-corrected chi connectivity index (χ1v) is 12.0. The summed E-state index contributed by atoms with van der Waals surface area (Å²) in [6.07, 6.45) is 2.57. The van der Waals surface area contributed by atoms with Gasteiger partial charge in [0.2, 0.25) is 5.95 Å². The van der Waals surface area contributed by atoms with Crippen molar-refractivity contribution in [3.05, 3.63) is 35.5 Å². The molecule has 8 nitrogen and oxygen atoms in total. The lowest BCUT2D eigenvalue weighted by Gasteiger charge is -2.49. The number of ether oxygens (including phenoxy) is 3. The van der Waals surface area contributed by atoms with Crippen molar-refractivity contribution in [3.8, 4) is 5.75 Å². The summed E-state index contributed by atoms with van der Waals surface area (Å²) in [5.74, 6) is 2.84. The van der Waals surface area contributed by atoms with E-state index >= 15 is 0 Å². The molecule has 1 atom stereocenters. The van der Waals surface area contributed by atoms with E-state index in [0.717, 1.165) is 60.2 Å². The van der Waals surface area contributed by atoms with Crippen molar-refractivity contribution in [1.29, 1.82) is 0 Å². The Morgan fingerprint density at radius 3 is 2.58 bits per heavy atom. The number of nitrogens with one attached hydrogen (secondary N) is 1. The average Bonchev–Trinajstić information content (AvgIpc) is 3.15. The van der Waals surface area contributed by atoms with Crippen molar-refractivity contribution in [2.45, 2.75) is 35.8 Å². The Kier molecular flexibility index (Phi) is 5.58. The maximum absolute atomic E-state index is 12.6. The highest BCUT2D eigenvalue weighted by atomic mass is 32.2. The van der Waals surface area contributed by atoms with E-state index in [-0.39, 0.29) is 6.04 Å². The molecule has 31 heavy (non-hydrogen) atoms. The molecule has 9 heteroatoms. The smallest absolute Gasteiger partial charge is 0.227 e. The Bertz CT molecular complexity index is 972. The second-order valence-corrected chi connectivity index (χ2v) is 9.77. The number of methoxy groups -OCH3 is 2. The Morgan fingerprint density at radius 2 is 1.90 bits per heavy atom. The lowest BCUT2D eigenvalue weighted by molar-refractivity contribution is -0.0390. The first kappa shape index (κ1) is 20.7. The van der Waals surface area contributed by atoms with Crippen LogP contribution in [0.25, 0.3) is 0 Å². The largest absolute Gasteiger partial charge is 0.497 e. The van der Waals surface area contributed by atoms with E-state index < -0.39 is 16.4 Å². The summed E-state index contributed by atoms with van der Waals surface area (Å²) in [6.45, 7) is 2.80. The summed E-state index contributed by atoms with van der Waals surface area (Å²) in [5.41, 5.74) is 1.61. The Hall–Kier alpha value is -2.23. The zero-order chi connectivity index (χ0) is 21.4. The molecule has 1 N–H and O–H groups in total. The molecule has 2 saturated heterocycles. The van der Waals surface area contributed by atoms with E-state index in [0.29, 0.717) is 24.8 Å². The van der Waals surface area contributed by atoms with Crippen LogP contribution in [0.2, 0.25) is 0 Å². The minimum absolute atomic E-state index is 0.284. The third-order valence-corrected chi connectivity index (χ3v) is 7.88. The molecule has 0 spiro atoms. The molecular formula is C22H28N4O4S. The van der Waals surface area contributed by atoms with Crippen LogP contribution in [0.1, 0.15) is 24.1 Å². The number of aromatic nitrogens is 2. The van der Waals surface area contributed by atoms with Crippen molar-refractivity contribution in [2.24, 2.45) is 0 Å². The van der Waals surface area contributed by atoms with E-state index in [9.17, 15) is 4.21 Å². The standard InChI is InChI=1S/C22H28N4O4S/c1-28-17-5-3-15(4-6-17)22(29-2)13-26(14-22)21-24-18-9-12-31(27)19(18)20(25-21)23-16-7-10-30-11-8-16/h3-6,16H,7-14H2,1-2H3,(H,23,24,25). The molecule has 1 unspecified atom stereocenters. The van der Waals surface area contributed by atoms with Crippen LogP contribution in [0.15, 0.2) is 29.2 Å². The van der Waals surface area contributed by atoms with Crippen molar-refractivity contribution in [1.82, 2.24) is 9.97 Å². The highest BCUT2D eigenvalue weighted by molar-refractivity contribution is 7.85. The number of fused-ring (bicyclic) bond motifs is 1. The van der Waals surface area contributed by atoms with Gasteiger partial charge in [0.25, 0.3) is 0 Å². The molecule has 2 aromatic rings. The van der Waals surface area contributed by atoms with Crippen LogP contribution < -0.4 is 15.0 Å². The van der Waals surface area contributed by atoms with Gasteiger partial charge in [0.05, 0.1) is 36.7 Å². The molecule has 166 valence electrons. The van der Waals surface area contributed by atoms with Crippen molar-refractivity contribution in [3.63, 3.8) is 0 Å². The molecular weight excluding hydrogens is 416 g/mol. The monoisotopic (exact) mass is 444 g/mol. The number of hydrogen-bond acceptors (Lipinski definition) is 8. The molecule has 0 aliphatic carbocycles. The zero-order valence-electron chi connectivity index (χ0n) is 17.9. The molecule has 4 heterocycles. The van der Waals surface area contributed by atoms with Gasteiger partial charge in [0.15, 0.2) is 0 Å². The fourth-order valence-electron chi connectivity index (χ4n) is 4.49. The highest BCUT2D eigenvalue weighted by Gasteiger charge is 2.46. The summed E-state index contributed by atoms with van der Waals surface area (Å²) < 4.78 is 29.3. The lowest BCUT2D eigenvalue weighted by Crippen LogP contribution is -2.61. The number of anilines is 2. The molecule has 0 bridgehead atoms. The second kappa shape index (κ2) is 8.37. The number of nitrogens with zero attached hydrogens (tertiary/aromatic N) is 3. The summed E-state index contributed by atoms with van der Waals surface area (Å²) in [4.78, 5) is 12.5. The molecule has 0 amide bonds. The minimum Gasteiger partial charge on any atom is -0.497 e. The van der Waals surface area contributed by atoms with E-state index in [4.69, 9.17) is 24.2 Å². The summed E-state index contributed by atoms with van der Waals surface area (Å²) in [5, 5.41) is 3.54. The van der Waals surface area contributed by atoms with Gasteiger partial charge >= 0.3 is 0 Å². The maximum atomic E-state index is 12.6.